The molecular formula is C28H31N3O2. The molecule has 2 unspecified atom stereocenters. The molecule has 0 radical (unpaired) electrons. The molecule has 0 saturated carbocycles. The first-order valence-corrected chi connectivity index (χ1v) is 11.5. The number of nitrogens with zero attached hydrogens (tertiary/aromatic N) is 2. The van der Waals surface area contributed by atoms with E-state index in [1.807, 2.05) is 37.3 Å². The molecule has 5 nitrogen and oxygen atoms in total. The Bertz CT molecular complexity index is 1240. The quantitative estimate of drug-likeness (QED) is 0.360. The molecule has 0 aliphatic carbocycles. The fraction of sp³-hybridized carbons (Fsp3) is 0.286. The molecule has 5 heteroatoms. The Morgan fingerprint density at radius 2 is 1.70 bits per heavy atom. The number of benzene rings is 3. The molecule has 2 atom stereocenters. The smallest absolute Gasteiger partial charge is 0.255 e. The number of aromatic nitrogens is 2. The second-order valence-electron chi connectivity index (χ2n) is 8.49. The van der Waals surface area contributed by atoms with Crippen LogP contribution in [0.1, 0.15) is 66.5 Å². The highest BCUT2D eigenvalue weighted by Gasteiger charge is 2.21. The van der Waals surface area contributed by atoms with Crippen LogP contribution in [0.3, 0.4) is 0 Å². The van der Waals surface area contributed by atoms with Gasteiger partial charge in [0, 0.05) is 6.54 Å². The van der Waals surface area contributed by atoms with Crippen LogP contribution in [0.15, 0.2) is 72.8 Å². The Morgan fingerprint density at radius 1 is 1.00 bits per heavy atom. The lowest BCUT2D eigenvalue weighted by molar-refractivity contribution is 0.0934. The van der Waals surface area contributed by atoms with Gasteiger partial charge in [-0.15, -0.1) is 0 Å². The van der Waals surface area contributed by atoms with Gasteiger partial charge in [-0.25, -0.2) is 4.98 Å². The second-order valence-corrected chi connectivity index (χ2v) is 8.49. The number of methoxy groups -OCH3 is 1. The fourth-order valence-electron chi connectivity index (χ4n) is 4.13. The van der Waals surface area contributed by atoms with Gasteiger partial charge in [0.05, 0.1) is 29.7 Å². The van der Waals surface area contributed by atoms with Gasteiger partial charge in [-0.1, -0.05) is 62.4 Å². The van der Waals surface area contributed by atoms with Crippen molar-refractivity contribution in [1.82, 2.24) is 14.9 Å². The van der Waals surface area contributed by atoms with Crippen molar-refractivity contribution in [3.05, 3.63) is 95.3 Å². The highest BCUT2D eigenvalue weighted by molar-refractivity contribution is 5.97. The molecule has 0 bridgehead atoms. The Hall–Kier alpha value is -3.60. The van der Waals surface area contributed by atoms with Crippen molar-refractivity contribution < 1.29 is 9.53 Å². The normalized spacial score (nSPS) is 13.0. The highest BCUT2D eigenvalue weighted by atomic mass is 16.5. The molecule has 0 saturated heterocycles. The van der Waals surface area contributed by atoms with E-state index < -0.39 is 0 Å². The summed E-state index contributed by atoms with van der Waals surface area (Å²) < 4.78 is 7.55. The lowest BCUT2D eigenvalue weighted by Gasteiger charge is -2.18. The maximum Gasteiger partial charge on any atom is 0.255 e. The molecule has 170 valence electrons. The lowest BCUT2D eigenvalue weighted by atomic mass is 9.97. The van der Waals surface area contributed by atoms with E-state index in [9.17, 15) is 4.79 Å². The molecule has 1 heterocycles. The first-order valence-electron chi connectivity index (χ1n) is 11.5. The number of carbonyl (C=O) groups excluding carboxylic acids is 1. The predicted octanol–water partition coefficient (Wildman–Crippen LogP) is 6.10. The van der Waals surface area contributed by atoms with Crippen LogP contribution in [-0.4, -0.2) is 22.6 Å². The van der Waals surface area contributed by atoms with Crippen molar-refractivity contribution in [3.63, 3.8) is 0 Å². The van der Waals surface area contributed by atoms with Crippen molar-refractivity contribution in [1.29, 1.82) is 0 Å². The molecule has 33 heavy (non-hydrogen) atoms. The summed E-state index contributed by atoms with van der Waals surface area (Å²) in [5.41, 5.74) is 5.04. The van der Waals surface area contributed by atoms with E-state index in [4.69, 9.17) is 9.72 Å². The van der Waals surface area contributed by atoms with Crippen LogP contribution in [-0.2, 0) is 6.54 Å². The van der Waals surface area contributed by atoms with E-state index in [1.165, 1.54) is 11.1 Å². The number of hydrogen-bond acceptors (Lipinski definition) is 3. The van der Waals surface area contributed by atoms with Gasteiger partial charge < -0.3 is 14.6 Å². The summed E-state index contributed by atoms with van der Waals surface area (Å²) >= 11 is 0. The summed E-state index contributed by atoms with van der Waals surface area (Å²) in [4.78, 5) is 17.9. The molecule has 1 aromatic heterocycles. The number of hydrogen-bond donors (Lipinski definition) is 1. The maximum absolute atomic E-state index is 13.0. The Morgan fingerprint density at radius 3 is 2.42 bits per heavy atom. The SMILES string of the molecule is CCC(C)c1ccc(Cn2c(C(C)NC(=O)c3ccccc3OC)nc3ccccc32)cc1. The first-order chi connectivity index (χ1) is 16.0. The largest absolute Gasteiger partial charge is 0.496 e. The summed E-state index contributed by atoms with van der Waals surface area (Å²) in [7, 11) is 1.57. The third-order valence-corrected chi connectivity index (χ3v) is 6.27. The Kier molecular flexibility index (Phi) is 6.78. The van der Waals surface area contributed by atoms with Crippen molar-refractivity contribution in [2.75, 3.05) is 7.11 Å². The standard InChI is InChI=1S/C28H31N3O2/c1-5-19(2)22-16-14-21(15-17-22)18-31-25-12-8-7-11-24(25)30-27(31)20(3)29-28(32)23-10-6-9-13-26(23)33-4/h6-17,19-20H,5,18H2,1-4H3,(H,29,32). The summed E-state index contributed by atoms with van der Waals surface area (Å²) in [5.74, 6) is 1.74. The molecule has 1 amide bonds. The van der Waals surface area contributed by atoms with Crippen LogP contribution in [0.25, 0.3) is 11.0 Å². The van der Waals surface area contributed by atoms with Crippen LogP contribution in [0, 0.1) is 0 Å². The monoisotopic (exact) mass is 441 g/mol. The summed E-state index contributed by atoms with van der Waals surface area (Å²) in [6.45, 7) is 7.12. The number of imidazole rings is 1. The lowest BCUT2D eigenvalue weighted by Crippen LogP contribution is -2.29. The molecule has 3 aromatic carbocycles. The van der Waals surface area contributed by atoms with Crippen LogP contribution in [0.2, 0.25) is 0 Å². The number of nitrogens with one attached hydrogen (secondary N) is 1. The number of para-hydroxylation sites is 3. The average molecular weight is 442 g/mol. The number of ether oxygens (including phenoxy) is 1. The van der Waals surface area contributed by atoms with Gasteiger partial charge in [-0.3, -0.25) is 4.79 Å². The topological polar surface area (TPSA) is 56.2 Å². The molecule has 4 rings (SSSR count). The molecule has 0 aliphatic rings. The van der Waals surface area contributed by atoms with Gasteiger partial charge in [0.15, 0.2) is 0 Å². The average Bonchev–Trinajstić information content (AvgIpc) is 3.22. The first kappa shape index (κ1) is 22.6. The zero-order valence-electron chi connectivity index (χ0n) is 19.7. The van der Waals surface area contributed by atoms with Crippen LogP contribution < -0.4 is 10.1 Å². The minimum Gasteiger partial charge on any atom is -0.496 e. The predicted molar refractivity (Wildman–Crippen MR) is 133 cm³/mol. The molecule has 0 aliphatic heterocycles. The number of rotatable bonds is 8. The van der Waals surface area contributed by atoms with E-state index in [-0.39, 0.29) is 11.9 Å². The van der Waals surface area contributed by atoms with E-state index in [2.05, 4.69) is 54.1 Å². The van der Waals surface area contributed by atoms with Crippen LogP contribution in [0.5, 0.6) is 5.75 Å². The molecule has 4 aromatic rings. The van der Waals surface area contributed by atoms with Crippen LogP contribution >= 0.6 is 0 Å². The Balaban J connectivity index is 1.64. The van der Waals surface area contributed by atoms with Gasteiger partial charge in [-0.2, -0.15) is 0 Å². The summed E-state index contributed by atoms with van der Waals surface area (Å²) in [5, 5.41) is 3.10. The van der Waals surface area contributed by atoms with Gasteiger partial charge in [0.1, 0.15) is 11.6 Å². The van der Waals surface area contributed by atoms with E-state index >= 15 is 0 Å². The maximum atomic E-state index is 13.0. The zero-order valence-corrected chi connectivity index (χ0v) is 19.7. The molecule has 0 fully saturated rings. The van der Waals surface area contributed by atoms with Crippen molar-refractivity contribution in [3.8, 4) is 5.75 Å². The van der Waals surface area contributed by atoms with Gasteiger partial charge >= 0.3 is 0 Å². The molecule has 1 N–H and O–H groups in total. The van der Waals surface area contributed by atoms with Crippen LogP contribution in [0.4, 0.5) is 0 Å². The zero-order chi connectivity index (χ0) is 23.4. The number of carbonyl (C=O) groups is 1. The molecule has 0 spiro atoms. The van der Waals surface area contributed by atoms with E-state index in [0.29, 0.717) is 23.8 Å². The summed E-state index contributed by atoms with van der Waals surface area (Å²) in [6.07, 6.45) is 1.12. The third kappa shape index (κ3) is 4.77. The van der Waals surface area contributed by atoms with Crippen molar-refractivity contribution in [2.24, 2.45) is 0 Å². The second kappa shape index (κ2) is 9.90. The number of fused-ring (bicyclic) bond motifs is 1. The van der Waals surface area contributed by atoms with Crippen molar-refractivity contribution >= 4 is 16.9 Å². The Labute approximate surface area is 195 Å². The number of amides is 1. The molecular weight excluding hydrogens is 410 g/mol. The van der Waals surface area contributed by atoms with Gasteiger partial charge in [-0.05, 0) is 54.7 Å². The van der Waals surface area contributed by atoms with Gasteiger partial charge in [0.2, 0.25) is 0 Å². The highest BCUT2D eigenvalue weighted by Crippen LogP contribution is 2.25. The minimum atomic E-state index is -0.283. The fourth-order valence-corrected chi connectivity index (χ4v) is 4.13. The third-order valence-electron chi connectivity index (χ3n) is 6.27. The van der Waals surface area contributed by atoms with Crippen molar-refractivity contribution in [2.45, 2.75) is 45.7 Å². The van der Waals surface area contributed by atoms with E-state index in [1.54, 1.807) is 19.2 Å². The van der Waals surface area contributed by atoms with E-state index in [0.717, 1.165) is 23.3 Å². The van der Waals surface area contributed by atoms with Gasteiger partial charge in [0.25, 0.3) is 5.91 Å². The summed E-state index contributed by atoms with van der Waals surface area (Å²) in [6, 6.07) is 23.9. The minimum absolute atomic E-state index is 0.184.